The molecule has 1 aliphatic rings. The number of nitrogens with zero attached hydrogens (tertiary/aromatic N) is 3. The Hall–Kier alpha value is -3.25. The summed E-state index contributed by atoms with van der Waals surface area (Å²) in [5.41, 5.74) is 3.64. The van der Waals surface area contributed by atoms with Crippen LogP contribution in [0.5, 0.6) is 11.6 Å². The van der Waals surface area contributed by atoms with E-state index < -0.39 is 28.5 Å². The van der Waals surface area contributed by atoms with Crippen molar-refractivity contribution in [2.75, 3.05) is 5.73 Å². The summed E-state index contributed by atoms with van der Waals surface area (Å²) in [5, 5.41) is 9.72. The van der Waals surface area contributed by atoms with Crippen molar-refractivity contribution in [3.05, 3.63) is 65.0 Å². The lowest BCUT2D eigenvalue weighted by atomic mass is 9.83. The maximum Gasteiger partial charge on any atom is 0.349 e. The lowest BCUT2D eigenvalue weighted by Gasteiger charge is -2.27. The van der Waals surface area contributed by atoms with Crippen LogP contribution in [0.1, 0.15) is 37.2 Å². The molecule has 2 aromatic heterocycles. The van der Waals surface area contributed by atoms with E-state index in [-0.39, 0.29) is 64.5 Å². The van der Waals surface area contributed by atoms with Gasteiger partial charge in [0.15, 0.2) is 5.75 Å². The molecular formula is C19H16Cl2F2N6O4. The first kappa shape index (κ1) is 22.9. The SMILES string of the molecule is Nc1nn(-c2cc(Cl)c(Oc3cc(C4CCC(F)(F)CC4)c(=O)[nH]n3)c(Cl)c2)c(=O)[nH]c1=O. The number of ether oxygens (including phenoxy) is 1. The fourth-order valence-corrected chi connectivity index (χ4v) is 4.12. The molecule has 0 aliphatic heterocycles. The molecular weight excluding hydrogens is 485 g/mol. The largest absolute Gasteiger partial charge is 0.434 e. The van der Waals surface area contributed by atoms with Crippen LogP contribution in [-0.4, -0.2) is 30.9 Å². The first-order valence-electron chi connectivity index (χ1n) is 9.68. The Kier molecular flexibility index (Phi) is 5.97. The summed E-state index contributed by atoms with van der Waals surface area (Å²) in [4.78, 5) is 37.7. The zero-order valence-electron chi connectivity index (χ0n) is 16.7. The number of hydrogen-bond acceptors (Lipinski definition) is 7. The number of halogens is 4. The van der Waals surface area contributed by atoms with Gasteiger partial charge in [0.25, 0.3) is 11.1 Å². The van der Waals surface area contributed by atoms with Gasteiger partial charge in [-0.15, -0.1) is 10.2 Å². The molecule has 1 aromatic carbocycles. The number of H-pyrrole nitrogens is 2. The predicted molar refractivity (Wildman–Crippen MR) is 116 cm³/mol. The Bertz CT molecular complexity index is 1370. The third-order valence-corrected chi connectivity index (χ3v) is 5.81. The summed E-state index contributed by atoms with van der Waals surface area (Å²) in [6, 6.07) is 3.96. The van der Waals surface area contributed by atoms with Crippen LogP contribution in [0, 0.1) is 0 Å². The van der Waals surface area contributed by atoms with Gasteiger partial charge in [-0.2, -0.15) is 4.68 Å². The minimum atomic E-state index is -2.73. The number of nitrogens with one attached hydrogen (secondary N) is 2. The molecule has 1 saturated carbocycles. The van der Waals surface area contributed by atoms with Crippen LogP contribution in [0.3, 0.4) is 0 Å². The first-order chi connectivity index (χ1) is 15.5. The number of benzene rings is 1. The molecule has 33 heavy (non-hydrogen) atoms. The Morgan fingerprint density at radius 3 is 2.36 bits per heavy atom. The van der Waals surface area contributed by atoms with Crippen LogP contribution in [0.25, 0.3) is 5.69 Å². The van der Waals surface area contributed by atoms with E-state index in [9.17, 15) is 23.2 Å². The quantitative estimate of drug-likeness (QED) is 0.498. The summed E-state index contributed by atoms with van der Waals surface area (Å²) in [6.07, 6.45) is -0.311. The predicted octanol–water partition coefficient (Wildman–Crippen LogP) is 2.98. The average Bonchev–Trinajstić information content (AvgIpc) is 2.74. The minimum absolute atomic E-state index is 0.0341. The van der Waals surface area contributed by atoms with Crippen molar-refractivity contribution < 1.29 is 13.5 Å². The van der Waals surface area contributed by atoms with Gasteiger partial charge in [0.05, 0.1) is 15.7 Å². The highest BCUT2D eigenvalue weighted by atomic mass is 35.5. The Morgan fingerprint density at radius 2 is 1.73 bits per heavy atom. The number of rotatable bonds is 4. The van der Waals surface area contributed by atoms with Crippen LogP contribution >= 0.6 is 23.2 Å². The van der Waals surface area contributed by atoms with E-state index in [0.29, 0.717) is 0 Å². The average molecular weight is 501 g/mol. The van der Waals surface area contributed by atoms with Gasteiger partial charge in [0.1, 0.15) is 0 Å². The number of aromatic amines is 2. The topological polar surface area (TPSA) is 149 Å². The smallest absolute Gasteiger partial charge is 0.349 e. The molecule has 0 saturated heterocycles. The minimum Gasteiger partial charge on any atom is -0.434 e. The van der Waals surface area contributed by atoms with E-state index in [1.807, 2.05) is 4.98 Å². The second kappa shape index (κ2) is 8.60. The van der Waals surface area contributed by atoms with Gasteiger partial charge in [-0.05, 0) is 30.9 Å². The van der Waals surface area contributed by atoms with E-state index in [2.05, 4.69) is 15.3 Å². The summed E-state index contributed by atoms with van der Waals surface area (Å²) in [6.45, 7) is 0. The maximum atomic E-state index is 13.5. The van der Waals surface area contributed by atoms with Crippen LogP contribution in [0.15, 0.2) is 32.6 Å². The van der Waals surface area contributed by atoms with Gasteiger partial charge in [-0.1, -0.05) is 23.2 Å². The van der Waals surface area contributed by atoms with Crippen molar-refractivity contribution in [3.63, 3.8) is 0 Å². The molecule has 2 heterocycles. The number of anilines is 1. The van der Waals surface area contributed by atoms with Gasteiger partial charge in [0, 0.05) is 24.5 Å². The van der Waals surface area contributed by atoms with Crippen molar-refractivity contribution in [1.29, 1.82) is 0 Å². The van der Waals surface area contributed by atoms with Gasteiger partial charge in [0.2, 0.25) is 17.6 Å². The summed E-state index contributed by atoms with van der Waals surface area (Å²) in [7, 11) is 0. The zero-order chi connectivity index (χ0) is 23.9. The summed E-state index contributed by atoms with van der Waals surface area (Å²) in [5.74, 6) is -3.62. The molecule has 0 radical (unpaired) electrons. The highest BCUT2D eigenvalue weighted by molar-refractivity contribution is 6.37. The van der Waals surface area contributed by atoms with Crippen molar-refractivity contribution in [2.24, 2.45) is 0 Å². The van der Waals surface area contributed by atoms with Crippen LogP contribution < -0.4 is 27.3 Å². The van der Waals surface area contributed by atoms with Crippen molar-refractivity contribution in [2.45, 2.75) is 37.5 Å². The molecule has 10 nitrogen and oxygen atoms in total. The number of nitrogens with two attached hydrogens (primary N) is 1. The molecule has 0 spiro atoms. The Morgan fingerprint density at radius 1 is 1.09 bits per heavy atom. The second-order valence-electron chi connectivity index (χ2n) is 7.52. The van der Waals surface area contributed by atoms with Gasteiger partial charge < -0.3 is 10.5 Å². The molecule has 1 aliphatic carbocycles. The molecule has 0 amide bonds. The van der Waals surface area contributed by atoms with Crippen molar-refractivity contribution in [3.8, 4) is 17.3 Å². The normalized spacial score (nSPS) is 16.0. The van der Waals surface area contributed by atoms with Crippen LogP contribution in [0.2, 0.25) is 10.0 Å². The fourth-order valence-electron chi connectivity index (χ4n) is 3.57. The monoisotopic (exact) mass is 500 g/mol. The molecule has 0 atom stereocenters. The number of nitrogen functional groups attached to an aromatic ring is 1. The lowest BCUT2D eigenvalue weighted by Crippen LogP contribution is -2.33. The fraction of sp³-hybridized carbons (Fsp3) is 0.316. The summed E-state index contributed by atoms with van der Waals surface area (Å²) >= 11 is 12.5. The Labute approximate surface area is 193 Å². The van der Waals surface area contributed by atoms with Crippen molar-refractivity contribution in [1.82, 2.24) is 25.0 Å². The molecule has 3 aromatic rings. The van der Waals surface area contributed by atoms with E-state index in [4.69, 9.17) is 33.7 Å². The number of alkyl halides is 2. The molecule has 0 unspecified atom stereocenters. The highest BCUT2D eigenvalue weighted by Crippen LogP contribution is 2.41. The molecule has 1 fully saturated rings. The standard InChI is InChI=1S/C19H16Cl2F2N6O4/c20-11-5-9(29-18(32)25-17(31)15(24)28-29)6-12(21)14(11)33-13-7-10(16(30)27-26-13)8-1-3-19(22,23)4-2-8/h5-8H,1-4H2,(H2,24,28)(H,27,30)(H,25,31,32). The third-order valence-electron chi connectivity index (χ3n) is 5.25. The van der Waals surface area contributed by atoms with E-state index in [0.717, 1.165) is 4.68 Å². The number of aromatic nitrogens is 5. The maximum absolute atomic E-state index is 13.5. The van der Waals surface area contributed by atoms with Crippen LogP contribution in [-0.2, 0) is 0 Å². The van der Waals surface area contributed by atoms with Crippen molar-refractivity contribution >= 4 is 29.0 Å². The zero-order valence-corrected chi connectivity index (χ0v) is 18.2. The Balaban J connectivity index is 1.64. The van der Waals surface area contributed by atoms with Crippen LogP contribution in [0.4, 0.5) is 14.6 Å². The highest BCUT2D eigenvalue weighted by Gasteiger charge is 2.36. The summed E-state index contributed by atoms with van der Waals surface area (Å²) < 4.78 is 33.4. The van der Waals surface area contributed by atoms with E-state index in [1.54, 1.807) is 0 Å². The lowest BCUT2D eigenvalue weighted by molar-refractivity contribution is -0.0383. The second-order valence-corrected chi connectivity index (χ2v) is 8.33. The van der Waals surface area contributed by atoms with Gasteiger partial charge in [-0.3, -0.25) is 14.6 Å². The first-order valence-corrected chi connectivity index (χ1v) is 10.4. The molecule has 174 valence electrons. The van der Waals surface area contributed by atoms with E-state index in [1.165, 1.54) is 18.2 Å². The van der Waals surface area contributed by atoms with Gasteiger partial charge in [-0.25, -0.2) is 18.7 Å². The molecule has 0 bridgehead atoms. The number of hydrogen-bond donors (Lipinski definition) is 3. The molecule has 4 N–H and O–H groups in total. The van der Waals surface area contributed by atoms with E-state index >= 15 is 0 Å². The molecule has 14 heteroatoms. The molecule has 4 rings (SSSR count). The third kappa shape index (κ3) is 4.76. The van der Waals surface area contributed by atoms with Gasteiger partial charge >= 0.3 is 5.69 Å².